The van der Waals surface area contributed by atoms with Gasteiger partial charge in [0, 0.05) is 18.5 Å². The number of rotatable bonds is 6. The van der Waals surface area contributed by atoms with Crippen LogP contribution in [0.3, 0.4) is 0 Å². The highest BCUT2D eigenvalue weighted by atomic mass is 32.1. The largest absolute Gasteiger partial charge is 0.401 e. The van der Waals surface area contributed by atoms with E-state index in [4.69, 9.17) is 18.0 Å². The highest BCUT2D eigenvalue weighted by molar-refractivity contribution is 7.80. The second-order valence-corrected chi connectivity index (χ2v) is 5.64. The van der Waals surface area contributed by atoms with Crippen molar-refractivity contribution in [3.05, 3.63) is 35.9 Å². The van der Waals surface area contributed by atoms with Gasteiger partial charge in [-0.2, -0.15) is 13.2 Å². The smallest absolute Gasteiger partial charge is 0.393 e. The van der Waals surface area contributed by atoms with Crippen LogP contribution in [0, 0.1) is 0 Å². The Morgan fingerprint density at radius 3 is 2.35 bits per heavy atom. The molecule has 110 valence electrons. The first-order valence-corrected chi connectivity index (χ1v) is 6.93. The predicted molar refractivity (Wildman–Crippen MR) is 76.4 cm³/mol. The highest BCUT2D eigenvalue weighted by Gasteiger charge is 2.41. The molecule has 2 rings (SSSR count). The van der Waals surface area contributed by atoms with Gasteiger partial charge in [0.1, 0.15) is 0 Å². The van der Waals surface area contributed by atoms with Crippen molar-refractivity contribution in [2.45, 2.75) is 37.5 Å². The number of hydrogen-bond acceptors (Lipinski definition) is 2. The van der Waals surface area contributed by atoms with E-state index >= 15 is 0 Å². The van der Waals surface area contributed by atoms with Crippen LogP contribution in [0.2, 0.25) is 0 Å². The van der Waals surface area contributed by atoms with Crippen LogP contribution in [0.1, 0.15) is 30.9 Å². The van der Waals surface area contributed by atoms with Gasteiger partial charge in [0.2, 0.25) is 0 Å². The maximum Gasteiger partial charge on any atom is 0.401 e. The van der Waals surface area contributed by atoms with Crippen LogP contribution in [0.25, 0.3) is 0 Å². The summed E-state index contributed by atoms with van der Waals surface area (Å²) in [7, 11) is 0. The maximum atomic E-state index is 12.8. The minimum Gasteiger partial charge on any atom is -0.393 e. The molecule has 1 unspecified atom stereocenters. The third-order valence-electron chi connectivity index (χ3n) is 3.36. The Labute approximate surface area is 121 Å². The molecule has 0 bridgehead atoms. The molecule has 0 saturated heterocycles. The first-order chi connectivity index (χ1) is 9.37. The lowest BCUT2D eigenvalue weighted by molar-refractivity contribution is -0.152. The molecule has 1 saturated carbocycles. The van der Waals surface area contributed by atoms with Crippen LogP contribution in [-0.2, 0) is 0 Å². The second-order valence-electron chi connectivity index (χ2n) is 5.12. The molecule has 1 atom stereocenters. The topological polar surface area (TPSA) is 29.3 Å². The van der Waals surface area contributed by atoms with Gasteiger partial charge in [-0.05, 0) is 18.4 Å². The quantitative estimate of drug-likeness (QED) is 0.816. The van der Waals surface area contributed by atoms with Gasteiger partial charge in [-0.3, -0.25) is 4.90 Å². The van der Waals surface area contributed by atoms with E-state index in [9.17, 15) is 13.2 Å². The van der Waals surface area contributed by atoms with Crippen molar-refractivity contribution in [3.63, 3.8) is 0 Å². The number of benzene rings is 1. The fraction of sp³-hybridized carbons (Fsp3) is 0.500. The van der Waals surface area contributed by atoms with Crippen molar-refractivity contribution < 1.29 is 13.2 Å². The van der Waals surface area contributed by atoms with E-state index in [1.54, 1.807) is 0 Å². The number of halogens is 3. The lowest BCUT2D eigenvalue weighted by atomic mass is 10.0. The minimum absolute atomic E-state index is 0.0174. The summed E-state index contributed by atoms with van der Waals surface area (Å²) in [5.41, 5.74) is 6.41. The highest BCUT2D eigenvalue weighted by Crippen LogP contribution is 2.38. The predicted octanol–water partition coefficient (Wildman–Crippen LogP) is 3.43. The van der Waals surface area contributed by atoms with Crippen molar-refractivity contribution in [2.75, 3.05) is 6.54 Å². The Kier molecular flexibility index (Phi) is 4.65. The van der Waals surface area contributed by atoms with Gasteiger partial charge in [-0.1, -0.05) is 42.5 Å². The summed E-state index contributed by atoms with van der Waals surface area (Å²) >= 11 is 4.91. The zero-order valence-electron chi connectivity index (χ0n) is 10.9. The molecule has 1 aliphatic rings. The minimum atomic E-state index is -4.22. The summed E-state index contributed by atoms with van der Waals surface area (Å²) < 4.78 is 38.4. The molecule has 1 fully saturated rings. The van der Waals surface area contributed by atoms with Gasteiger partial charge < -0.3 is 5.73 Å². The van der Waals surface area contributed by atoms with Crippen LogP contribution in [0.5, 0.6) is 0 Å². The number of alkyl halides is 3. The molecular formula is C14H17F3N2S. The Balaban J connectivity index is 2.25. The number of nitrogens with zero attached hydrogens (tertiary/aromatic N) is 1. The average Bonchev–Trinajstić information content (AvgIpc) is 3.17. The van der Waals surface area contributed by atoms with Crippen molar-refractivity contribution in [2.24, 2.45) is 5.73 Å². The summed E-state index contributed by atoms with van der Waals surface area (Å²) in [5.74, 6) is 0. The fourth-order valence-electron chi connectivity index (χ4n) is 2.40. The van der Waals surface area contributed by atoms with Crippen molar-refractivity contribution in [1.82, 2.24) is 4.90 Å². The molecule has 6 heteroatoms. The van der Waals surface area contributed by atoms with E-state index in [0.29, 0.717) is 0 Å². The zero-order valence-corrected chi connectivity index (χ0v) is 11.8. The Morgan fingerprint density at radius 1 is 1.30 bits per heavy atom. The summed E-state index contributed by atoms with van der Waals surface area (Å²) in [5, 5.41) is 0. The molecule has 2 N–H and O–H groups in total. The first kappa shape index (κ1) is 15.3. The van der Waals surface area contributed by atoms with E-state index in [0.717, 1.165) is 18.4 Å². The standard InChI is InChI=1S/C14H17F3N2S/c15-14(16,17)9-19(11-6-7-11)12(8-13(18)20)10-4-2-1-3-5-10/h1-5,11-12H,6-9H2,(H2,18,20). The van der Waals surface area contributed by atoms with Gasteiger partial charge in [0.15, 0.2) is 0 Å². The van der Waals surface area contributed by atoms with Gasteiger partial charge in [-0.15, -0.1) is 0 Å². The Hall–Kier alpha value is -1.14. The molecule has 2 nitrogen and oxygen atoms in total. The van der Waals surface area contributed by atoms with Crippen LogP contribution in [0.15, 0.2) is 30.3 Å². The zero-order chi connectivity index (χ0) is 14.8. The third-order valence-corrected chi connectivity index (χ3v) is 3.52. The number of thiocarbonyl (C=S) groups is 1. The molecule has 0 heterocycles. The normalized spacial score (nSPS) is 17.2. The van der Waals surface area contributed by atoms with Gasteiger partial charge in [-0.25, -0.2) is 0 Å². The third kappa shape index (κ3) is 4.45. The first-order valence-electron chi connectivity index (χ1n) is 6.52. The van der Waals surface area contributed by atoms with Gasteiger partial charge in [0.05, 0.1) is 11.5 Å². The molecule has 0 radical (unpaired) electrons. The second kappa shape index (κ2) is 6.10. The van der Waals surface area contributed by atoms with Gasteiger partial charge in [0.25, 0.3) is 0 Å². The fourth-order valence-corrected chi connectivity index (χ4v) is 2.56. The van der Waals surface area contributed by atoms with Crippen molar-refractivity contribution >= 4 is 17.2 Å². The average molecular weight is 302 g/mol. The summed E-state index contributed by atoms with van der Waals surface area (Å²) in [6.45, 7) is -0.917. The van der Waals surface area contributed by atoms with E-state index in [1.807, 2.05) is 30.3 Å². The SMILES string of the molecule is NC(=S)CC(c1ccccc1)N(CC(F)(F)F)C1CC1. The molecule has 1 aromatic carbocycles. The van der Waals surface area contributed by atoms with Crippen LogP contribution < -0.4 is 5.73 Å². The monoisotopic (exact) mass is 302 g/mol. The molecule has 0 amide bonds. The lowest BCUT2D eigenvalue weighted by Crippen LogP contribution is -2.40. The van der Waals surface area contributed by atoms with E-state index in [1.165, 1.54) is 4.90 Å². The van der Waals surface area contributed by atoms with Crippen LogP contribution in [0.4, 0.5) is 13.2 Å². The van der Waals surface area contributed by atoms with E-state index in [2.05, 4.69) is 0 Å². The Bertz CT molecular complexity index is 457. The molecule has 0 aromatic heterocycles. The van der Waals surface area contributed by atoms with E-state index < -0.39 is 18.8 Å². The summed E-state index contributed by atoms with van der Waals surface area (Å²) in [6, 6.07) is 8.72. The van der Waals surface area contributed by atoms with Gasteiger partial charge >= 0.3 is 6.18 Å². The summed E-state index contributed by atoms with van der Waals surface area (Å²) in [4.78, 5) is 1.74. The lowest BCUT2D eigenvalue weighted by Gasteiger charge is -2.32. The molecule has 1 aromatic rings. The molecular weight excluding hydrogens is 285 g/mol. The number of hydrogen-bond donors (Lipinski definition) is 1. The molecule has 0 spiro atoms. The van der Waals surface area contributed by atoms with E-state index in [-0.39, 0.29) is 17.5 Å². The van der Waals surface area contributed by atoms with Crippen molar-refractivity contribution in [3.8, 4) is 0 Å². The maximum absolute atomic E-state index is 12.8. The molecule has 1 aliphatic carbocycles. The van der Waals surface area contributed by atoms with Crippen LogP contribution >= 0.6 is 12.2 Å². The summed E-state index contributed by atoms with van der Waals surface area (Å²) in [6.07, 6.45) is -2.34. The molecule has 20 heavy (non-hydrogen) atoms. The van der Waals surface area contributed by atoms with Crippen molar-refractivity contribution in [1.29, 1.82) is 0 Å². The Morgan fingerprint density at radius 2 is 1.90 bits per heavy atom. The molecule has 0 aliphatic heterocycles. The number of nitrogens with two attached hydrogens (primary N) is 1. The van der Waals surface area contributed by atoms with Crippen LogP contribution in [-0.4, -0.2) is 28.7 Å².